The quantitative estimate of drug-likeness (QED) is 0.600. The van der Waals surface area contributed by atoms with E-state index in [4.69, 9.17) is 23.2 Å². The van der Waals surface area contributed by atoms with E-state index in [1.807, 2.05) is 6.92 Å². The summed E-state index contributed by atoms with van der Waals surface area (Å²) in [4.78, 5) is 27.0. The van der Waals surface area contributed by atoms with Crippen molar-refractivity contribution in [3.8, 4) is 0 Å². The maximum absolute atomic E-state index is 13.0. The Morgan fingerprint density at radius 2 is 1.69 bits per heavy atom. The summed E-state index contributed by atoms with van der Waals surface area (Å²) in [5, 5.41) is 3.80. The fraction of sp³-hybridized carbons (Fsp3) is 0.391. The van der Waals surface area contributed by atoms with Gasteiger partial charge in [0.05, 0.1) is 0 Å². The Balaban J connectivity index is 2.15. The van der Waals surface area contributed by atoms with E-state index in [9.17, 15) is 9.59 Å². The molecular formula is C23H28Cl2N2O2. The van der Waals surface area contributed by atoms with Gasteiger partial charge in [-0.15, -0.1) is 0 Å². The summed E-state index contributed by atoms with van der Waals surface area (Å²) in [5.74, 6) is -0.271. The van der Waals surface area contributed by atoms with Gasteiger partial charge in [0, 0.05) is 29.6 Å². The third-order valence-electron chi connectivity index (χ3n) is 4.93. The second-order valence-electron chi connectivity index (χ2n) is 7.00. The number of aryl methyl sites for hydroxylation is 2. The molecule has 0 heterocycles. The second-order valence-corrected chi connectivity index (χ2v) is 7.84. The summed E-state index contributed by atoms with van der Waals surface area (Å²) in [6.07, 6.45) is 1.93. The molecule has 0 fully saturated rings. The van der Waals surface area contributed by atoms with Gasteiger partial charge in [0.25, 0.3) is 0 Å². The first-order chi connectivity index (χ1) is 13.8. The van der Waals surface area contributed by atoms with Gasteiger partial charge in [-0.05, 0) is 55.5 Å². The minimum absolute atomic E-state index is 0.0886. The van der Waals surface area contributed by atoms with E-state index >= 15 is 0 Å². The molecule has 6 heteroatoms. The molecule has 2 aromatic carbocycles. The lowest BCUT2D eigenvalue weighted by molar-refractivity contribution is -0.140. The van der Waals surface area contributed by atoms with Crippen molar-refractivity contribution in [1.82, 2.24) is 10.2 Å². The molecule has 2 aromatic rings. The van der Waals surface area contributed by atoms with Crippen molar-refractivity contribution >= 4 is 35.0 Å². The molecule has 0 unspecified atom stereocenters. The van der Waals surface area contributed by atoms with Crippen LogP contribution in [0.25, 0.3) is 0 Å². The van der Waals surface area contributed by atoms with Crippen LogP contribution in [0.5, 0.6) is 0 Å². The van der Waals surface area contributed by atoms with Gasteiger partial charge >= 0.3 is 0 Å². The van der Waals surface area contributed by atoms with E-state index < -0.39 is 6.04 Å². The van der Waals surface area contributed by atoms with Crippen molar-refractivity contribution in [2.75, 3.05) is 6.54 Å². The number of nitrogens with zero attached hydrogens (tertiary/aromatic N) is 1. The van der Waals surface area contributed by atoms with Crippen LogP contribution in [-0.4, -0.2) is 29.3 Å². The van der Waals surface area contributed by atoms with Crippen molar-refractivity contribution in [3.05, 3.63) is 69.2 Å². The third kappa shape index (κ3) is 6.76. The number of amides is 2. The lowest BCUT2D eigenvalue weighted by Crippen LogP contribution is -2.47. The second kappa shape index (κ2) is 11.2. The third-order valence-corrected chi connectivity index (χ3v) is 5.52. The first-order valence-corrected chi connectivity index (χ1v) is 10.7. The largest absolute Gasteiger partial charge is 0.355 e. The molecule has 29 heavy (non-hydrogen) atoms. The summed E-state index contributed by atoms with van der Waals surface area (Å²) in [7, 11) is 0. The highest BCUT2D eigenvalue weighted by Crippen LogP contribution is 2.23. The number of halogens is 2. The van der Waals surface area contributed by atoms with Crippen molar-refractivity contribution in [2.24, 2.45) is 0 Å². The smallest absolute Gasteiger partial charge is 0.242 e. The SMILES string of the molecule is CCNC(=O)[C@H](C)N(Cc1ccc(Cl)cc1Cl)C(=O)CCc1ccc(CC)cc1. The highest BCUT2D eigenvalue weighted by atomic mass is 35.5. The Bertz CT molecular complexity index is 837. The molecule has 156 valence electrons. The molecule has 0 aliphatic heterocycles. The predicted molar refractivity (Wildman–Crippen MR) is 119 cm³/mol. The number of rotatable bonds is 9. The van der Waals surface area contributed by atoms with Gasteiger partial charge in [0.2, 0.25) is 11.8 Å². The molecule has 0 aromatic heterocycles. The zero-order chi connectivity index (χ0) is 21.4. The molecule has 1 N–H and O–H groups in total. The standard InChI is InChI=1S/C23H28Cl2N2O2/c1-4-17-6-8-18(9-7-17)10-13-22(28)27(16(3)23(29)26-5-2)15-19-11-12-20(24)14-21(19)25/h6-9,11-12,14,16H,4-5,10,13,15H2,1-3H3,(H,26,29)/t16-/m0/s1. The molecule has 4 nitrogen and oxygen atoms in total. The molecule has 0 bridgehead atoms. The summed E-state index contributed by atoms with van der Waals surface area (Å²) in [6.45, 7) is 6.47. The molecule has 2 amide bonds. The summed E-state index contributed by atoms with van der Waals surface area (Å²) in [6, 6.07) is 12.9. The lowest BCUT2D eigenvalue weighted by atomic mass is 10.0. The summed E-state index contributed by atoms with van der Waals surface area (Å²) >= 11 is 12.3. The zero-order valence-corrected chi connectivity index (χ0v) is 18.7. The van der Waals surface area contributed by atoms with Crippen LogP contribution in [-0.2, 0) is 29.0 Å². The van der Waals surface area contributed by atoms with E-state index in [2.05, 4.69) is 36.5 Å². The molecule has 0 radical (unpaired) electrons. The van der Waals surface area contributed by atoms with E-state index in [0.717, 1.165) is 17.5 Å². The number of carbonyl (C=O) groups is 2. The number of hydrogen-bond donors (Lipinski definition) is 1. The average molecular weight is 435 g/mol. The molecule has 0 saturated carbocycles. The fourth-order valence-electron chi connectivity index (χ4n) is 3.07. The van der Waals surface area contributed by atoms with Crippen LogP contribution in [0.3, 0.4) is 0 Å². The van der Waals surface area contributed by atoms with E-state index in [0.29, 0.717) is 29.4 Å². The molecule has 0 aliphatic carbocycles. The number of carbonyl (C=O) groups excluding carboxylic acids is 2. The van der Waals surface area contributed by atoms with Gasteiger partial charge in [-0.3, -0.25) is 9.59 Å². The van der Waals surface area contributed by atoms with E-state index in [1.54, 1.807) is 30.0 Å². The Morgan fingerprint density at radius 3 is 2.28 bits per heavy atom. The van der Waals surface area contributed by atoms with Crippen molar-refractivity contribution in [2.45, 2.75) is 52.6 Å². The van der Waals surface area contributed by atoms with Crippen LogP contribution in [0, 0.1) is 0 Å². The Hall–Kier alpha value is -2.04. The van der Waals surface area contributed by atoms with Gasteiger partial charge < -0.3 is 10.2 Å². The first-order valence-electron chi connectivity index (χ1n) is 9.94. The fourth-order valence-corrected chi connectivity index (χ4v) is 3.54. The topological polar surface area (TPSA) is 49.4 Å². The predicted octanol–water partition coefficient (Wildman–Crippen LogP) is 5.04. The molecule has 0 aliphatic rings. The maximum Gasteiger partial charge on any atom is 0.242 e. The molecule has 0 saturated heterocycles. The number of likely N-dealkylation sites (N-methyl/N-ethyl adjacent to an activating group) is 1. The Kier molecular flexibility index (Phi) is 8.99. The van der Waals surface area contributed by atoms with Crippen molar-refractivity contribution in [1.29, 1.82) is 0 Å². The maximum atomic E-state index is 13.0. The molecule has 2 rings (SSSR count). The molecule has 1 atom stereocenters. The number of hydrogen-bond acceptors (Lipinski definition) is 2. The van der Waals surface area contributed by atoms with Crippen molar-refractivity contribution in [3.63, 3.8) is 0 Å². The summed E-state index contributed by atoms with van der Waals surface area (Å²) < 4.78 is 0. The Morgan fingerprint density at radius 1 is 1.03 bits per heavy atom. The van der Waals surface area contributed by atoms with Crippen LogP contribution in [0.1, 0.15) is 43.9 Å². The van der Waals surface area contributed by atoms with Crippen LogP contribution in [0.15, 0.2) is 42.5 Å². The van der Waals surface area contributed by atoms with Crippen LogP contribution < -0.4 is 5.32 Å². The molecular weight excluding hydrogens is 407 g/mol. The number of benzene rings is 2. The monoisotopic (exact) mass is 434 g/mol. The summed E-state index contributed by atoms with van der Waals surface area (Å²) in [5.41, 5.74) is 3.13. The van der Waals surface area contributed by atoms with Crippen LogP contribution in [0.2, 0.25) is 10.0 Å². The molecule has 0 spiro atoms. The zero-order valence-electron chi connectivity index (χ0n) is 17.2. The van der Waals surface area contributed by atoms with Crippen LogP contribution >= 0.6 is 23.2 Å². The lowest BCUT2D eigenvalue weighted by Gasteiger charge is -2.29. The minimum atomic E-state index is -0.600. The van der Waals surface area contributed by atoms with E-state index in [1.165, 1.54) is 5.56 Å². The number of nitrogens with one attached hydrogen (secondary N) is 1. The highest BCUT2D eigenvalue weighted by Gasteiger charge is 2.26. The van der Waals surface area contributed by atoms with Gasteiger partial charge in [-0.1, -0.05) is 60.5 Å². The first kappa shape index (κ1) is 23.2. The van der Waals surface area contributed by atoms with Crippen molar-refractivity contribution < 1.29 is 9.59 Å². The van der Waals surface area contributed by atoms with Gasteiger partial charge in [0.15, 0.2) is 0 Å². The normalized spacial score (nSPS) is 11.8. The minimum Gasteiger partial charge on any atom is -0.355 e. The van der Waals surface area contributed by atoms with Gasteiger partial charge in [-0.2, -0.15) is 0 Å². The van der Waals surface area contributed by atoms with E-state index in [-0.39, 0.29) is 18.4 Å². The van der Waals surface area contributed by atoms with Gasteiger partial charge in [-0.25, -0.2) is 0 Å². The van der Waals surface area contributed by atoms with Gasteiger partial charge in [0.1, 0.15) is 6.04 Å². The Labute approximate surface area is 183 Å². The average Bonchev–Trinajstić information content (AvgIpc) is 2.71. The van der Waals surface area contributed by atoms with Crippen LogP contribution in [0.4, 0.5) is 0 Å². The highest BCUT2D eigenvalue weighted by molar-refractivity contribution is 6.35.